The molecule has 0 aliphatic heterocycles. The van der Waals surface area contributed by atoms with Gasteiger partial charge in [-0.05, 0) is 32.7 Å². The van der Waals surface area contributed by atoms with Gasteiger partial charge in [0, 0.05) is 27.0 Å². The minimum atomic E-state index is -2.49. The zero-order valence-corrected chi connectivity index (χ0v) is 14.8. The average molecular weight is 283 g/mol. The summed E-state index contributed by atoms with van der Waals surface area (Å²) < 4.78 is 22.6. The van der Waals surface area contributed by atoms with Crippen LogP contribution in [0.25, 0.3) is 0 Å². The maximum atomic E-state index is 6.26. The highest BCUT2D eigenvalue weighted by atomic mass is 28.5. The highest BCUT2D eigenvalue weighted by molar-refractivity contribution is 6.91. The Balaban J connectivity index is 4.66. The highest BCUT2D eigenvalue weighted by Crippen LogP contribution is 2.25. The Hall–Kier alpha value is 0.491. The van der Waals surface area contributed by atoms with Crippen molar-refractivity contribution >= 4 is 25.4 Å². The summed E-state index contributed by atoms with van der Waals surface area (Å²) in [6, 6.07) is 0. The van der Waals surface area contributed by atoms with E-state index in [0.29, 0.717) is 0 Å². The molecule has 0 aromatic carbocycles. The maximum absolute atomic E-state index is 6.26. The second-order valence-electron chi connectivity index (χ2n) is 5.45. The van der Waals surface area contributed by atoms with Gasteiger partial charge in [-0.3, -0.25) is 0 Å². The van der Waals surface area contributed by atoms with Crippen molar-refractivity contribution in [2.24, 2.45) is 0 Å². The van der Waals surface area contributed by atoms with Crippen molar-refractivity contribution < 1.29 is 17.4 Å². The van der Waals surface area contributed by atoms with E-state index in [2.05, 4.69) is 32.7 Å². The van der Waals surface area contributed by atoms with Gasteiger partial charge in [0.15, 0.2) is 16.6 Å². The molecule has 0 aromatic rings. The van der Waals surface area contributed by atoms with E-state index in [1.807, 2.05) is 0 Å². The largest absolute Gasteiger partial charge is 0.499 e. The third-order valence-electron chi connectivity index (χ3n) is 2.16. The lowest BCUT2D eigenvalue weighted by molar-refractivity contribution is 0.127. The molecular formula is C9H26O4Si3. The predicted octanol–water partition coefficient (Wildman–Crippen LogP) is 2.46. The van der Waals surface area contributed by atoms with E-state index in [4.69, 9.17) is 17.4 Å². The zero-order chi connectivity index (χ0) is 13.0. The molecule has 98 valence electrons. The topological polar surface area (TPSA) is 36.9 Å². The molecule has 7 heteroatoms. The van der Waals surface area contributed by atoms with Gasteiger partial charge < -0.3 is 17.4 Å². The van der Waals surface area contributed by atoms with E-state index < -0.39 is 25.4 Å². The van der Waals surface area contributed by atoms with Crippen LogP contribution in [0, 0.1) is 0 Å². The van der Waals surface area contributed by atoms with Crippen molar-refractivity contribution in [3.05, 3.63) is 0 Å². The summed E-state index contributed by atoms with van der Waals surface area (Å²) in [5.41, 5.74) is 0.799. The summed E-state index contributed by atoms with van der Waals surface area (Å²) in [6.07, 6.45) is 0. The first kappa shape index (κ1) is 16.5. The van der Waals surface area contributed by atoms with Crippen LogP contribution < -0.4 is 0 Å². The van der Waals surface area contributed by atoms with Crippen molar-refractivity contribution in [1.29, 1.82) is 0 Å². The molecule has 0 unspecified atom stereocenters. The fraction of sp³-hybridized carbons (Fsp3) is 1.00. The summed E-state index contributed by atoms with van der Waals surface area (Å²) >= 11 is 0. The third-order valence-corrected chi connectivity index (χ3v) is 13.8. The molecule has 0 radical (unpaired) electrons. The van der Waals surface area contributed by atoms with E-state index in [1.54, 1.807) is 21.3 Å². The van der Waals surface area contributed by atoms with Gasteiger partial charge in [-0.25, -0.2) is 0 Å². The number of hydrogen-bond acceptors (Lipinski definition) is 4. The summed E-state index contributed by atoms with van der Waals surface area (Å²) in [5, 5.41) is 0. The van der Waals surface area contributed by atoms with Crippen molar-refractivity contribution in [2.45, 2.75) is 38.4 Å². The third kappa shape index (κ3) is 5.71. The van der Waals surface area contributed by atoms with Crippen LogP contribution in [0.4, 0.5) is 0 Å². The second-order valence-corrected chi connectivity index (χ2v) is 18.0. The van der Waals surface area contributed by atoms with Crippen LogP contribution in [0.15, 0.2) is 0 Å². The van der Waals surface area contributed by atoms with Gasteiger partial charge >= 0.3 is 8.80 Å². The minimum absolute atomic E-state index is 0.799. The van der Waals surface area contributed by atoms with Crippen LogP contribution in [0.1, 0.15) is 0 Å². The molecule has 0 saturated heterocycles. The molecule has 4 nitrogen and oxygen atoms in total. The van der Waals surface area contributed by atoms with Gasteiger partial charge in [0.1, 0.15) is 0 Å². The molecule has 0 spiro atoms. The Morgan fingerprint density at radius 2 is 1.12 bits per heavy atom. The van der Waals surface area contributed by atoms with Crippen LogP contribution in [0.2, 0.25) is 38.4 Å². The molecule has 0 aliphatic rings. The molecule has 0 saturated carbocycles. The van der Waals surface area contributed by atoms with Crippen LogP contribution >= 0.6 is 0 Å². The molecule has 0 fully saturated rings. The van der Waals surface area contributed by atoms with Crippen LogP contribution in [-0.2, 0) is 17.4 Å². The Morgan fingerprint density at radius 3 is 1.38 bits per heavy atom. The van der Waals surface area contributed by atoms with Gasteiger partial charge in [0.2, 0.25) is 0 Å². The SMILES string of the molecule is CO[Si](C[Si](C)(C)O[Si](C)(C)C)(OC)OC. The summed E-state index contributed by atoms with van der Waals surface area (Å²) in [6.45, 7) is 11.0. The van der Waals surface area contributed by atoms with Gasteiger partial charge in [0.25, 0.3) is 0 Å². The standard InChI is InChI=1S/C9H26O4Si3/c1-10-16(11-2,12-3)9-15(7,8)13-14(4,5)6/h9H2,1-8H3. The average Bonchev–Trinajstić information content (AvgIpc) is 2.10. The zero-order valence-electron chi connectivity index (χ0n) is 11.8. The van der Waals surface area contributed by atoms with E-state index in [0.717, 1.165) is 5.67 Å². The van der Waals surface area contributed by atoms with E-state index in [1.165, 1.54) is 0 Å². The van der Waals surface area contributed by atoms with Gasteiger partial charge in [0.05, 0.1) is 0 Å². The quantitative estimate of drug-likeness (QED) is 0.672. The molecule has 0 heterocycles. The smallest absolute Gasteiger partial charge is 0.456 e. The Kier molecular flexibility index (Phi) is 6.08. The molecule has 0 aromatic heterocycles. The minimum Gasteiger partial charge on any atom is -0.456 e. The Bertz CT molecular complexity index is 203. The lowest BCUT2D eigenvalue weighted by Gasteiger charge is -2.36. The fourth-order valence-electron chi connectivity index (χ4n) is 1.85. The van der Waals surface area contributed by atoms with E-state index in [-0.39, 0.29) is 0 Å². The summed E-state index contributed by atoms with van der Waals surface area (Å²) in [4.78, 5) is 0. The lowest BCUT2D eigenvalue weighted by Crippen LogP contribution is -2.53. The van der Waals surface area contributed by atoms with E-state index in [9.17, 15) is 0 Å². The van der Waals surface area contributed by atoms with Gasteiger partial charge in [-0.1, -0.05) is 0 Å². The second kappa shape index (κ2) is 5.89. The first-order chi connectivity index (χ1) is 7.10. The Morgan fingerprint density at radius 1 is 0.750 bits per heavy atom. The lowest BCUT2D eigenvalue weighted by atomic mass is 11.8. The first-order valence-corrected chi connectivity index (χ1v) is 13.9. The van der Waals surface area contributed by atoms with Crippen LogP contribution in [-0.4, -0.2) is 46.8 Å². The van der Waals surface area contributed by atoms with E-state index >= 15 is 0 Å². The van der Waals surface area contributed by atoms with Gasteiger partial charge in [-0.15, -0.1) is 0 Å². The van der Waals surface area contributed by atoms with Crippen molar-refractivity contribution in [3.63, 3.8) is 0 Å². The number of rotatable bonds is 7. The van der Waals surface area contributed by atoms with Gasteiger partial charge in [-0.2, -0.15) is 0 Å². The highest BCUT2D eigenvalue weighted by Gasteiger charge is 2.46. The molecular weight excluding hydrogens is 256 g/mol. The summed E-state index contributed by atoms with van der Waals surface area (Å²) in [7, 11) is -0.843. The van der Waals surface area contributed by atoms with Crippen molar-refractivity contribution in [3.8, 4) is 0 Å². The molecule has 0 atom stereocenters. The van der Waals surface area contributed by atoms with Crippen molar-refractivity contribution in [1.82, 2.24) is 0 Å². The fourth-order valence-corrected chi connectivity index (χ4v) is 15.8. The Labute approximate surface area is 103 Å². The predicted molar refractivity (Wildman–Crippen MR) is 73.5 cm³/mol. The first-order valence-electron chi connectivity index (χ1n) is 5.45. The van der Waals surface area contributed by atoms with Crippen LogP contribution in [0.3, 0.4) is 0 Å². The number of hydrogen-bond donors (Lipinski definition) is 0. The maximum Gasteiger partial charge on any atom is 0.499 e. The molecule has 0 amide bonds. The molecule has 0 bridgehead atoms. The van der Waals surface area contributed by atoms with Crippen LogP contribution in [0.5, 0.6) is 0 Å². The molecule has 0 N–H and O–H groups in total. The normalized spacial score (nSPS) is 14.2. The molecule has 16 heavy (non-hydrogen) atoms. The summed E-state index contributed by atoms with van der Waals surface area (Å²) in [5.74, 6) is 0. The molecule has 0 aliphatic carbocycles. The monoisotopic (exact) mass is 282 g/mol. The van der Waals surface area contributed by atoms with Crippen molar-refractivity contribution in [2.75, 3.05) is 21.3 Å². The molecule has 0 rings (SSSR count).